The van der Waals surface area contributed by atoms with E-state index in [9.17, 15) is 4.79 Å². The molecule has 3 nitrogen and oxygen atoms in total. The quantitative estimate of drug-likeness (QED) is 0.729. The third-order valence-electron chi connectivity index (χ3n) is 3.64. The zero-order chi connectivity index (χ0) is 11.8. The molecule has 0 radical (unpaired) electrons. The summed E-state index contributed by atoms with van der Waals surface area (Å²) in [7, 11) is 0. The molecule has 0 aromatic heterocycles. The minimum atomic E-state index is 0.0318. The van der Waals surface area contributed by atoms with Crippen LogP contribution in [-0.4, -0.2) is 25.7 Å². The smallest absolute Gasteiger partial charge is 0.308 e. The van der Waals surface area contributed by atoms with Gasteiger partial charge in [-0.05, 0) is 43.2 Å². The second kappa shape index (κ2) is 4.36. The Labute approximate surface area is 97.9 Å². The molecule has 1 N–H and O–H groups in total. The monoisotopic (exact) mass is 225 g/mol. The summed E-state index contributed by atoms with van der Waals surface area (Å²) in [6.45, 7) is 8.99. The maximum absolute atomic E-state index is 11.9. The van der Waals surface area contributed by atoms with Gasteiger partial charge in [0.25, 0.3) is 0 Å². The Morgan fingerprint density at radius 2 is 1.81 bits per heavy atom. The second-order valence-corrected chi connectivity index (χ2v) is 6.52. The van der Waals surface area contributed by atoms with E-state index in [0.717, 1.165) is 25.9 Å². The highest BCUT2D eigenvalue weighted by atomic mass is 16.5. The van der Waals surface area contributed by atoms with Crippen LogP contribution in [0.3, 0.4) is 0 Å². The number of carbonyl (C=O) groups excluding carboxylic acids is 1. The molecule has 0 bridgehead atoms. The van der Waals surface area contributed by atoms with Crippen molar-refractivity contribution < 1.29 is 9.53 Å². The van der Waals surface area contributed by atoms with E-state index < -0.39 is 0 Å². The average Bonchev–Trinajstić information content (AvgIpc) is 2.71. The second-order valence-electron chi connectivity index (χ2n) is 6.52. The topological polar surface area (TPSA) is 38.3 Å². The lowest BCUT2D eigenvalue weighted by Crippen LogP contribution is -2.24. The van der Waals surface area contributed by atoms with Crippen LogP contribution in [0.15, 0.2) is 0 Å². The van der Waals surface area contributed by atoms with Crippen molar-refractivity contribution in [1.29, 1.82) is 0 Å². The van der Waals surface area contributed by atoms with Crippen LogP contribution in [0.1, 0.15) is 33.6 Å². The van der Waals surface area contributed by atoms with E-state index in [2.05, 4.69) is 26.1 Å². The van der Waals surface area contributed by atoms with Crippen LogP contribution in [0.25, 0.3) is 0 Å². The Morgan fingerprint density at radius 3 is 2.31 bits per heavy atom. The fraction of sp³-hybridized carbons (Fsp3) is 0.923. The summed E-state index contributed by atoms with van der Waals surface area (Å²) in [6.07, 6.45) is 2.06. The summed E-state index contributed by atoms with van der Waals surface area (Å²) in [5, 5.41) is 3.39. The Kier molecular flexibility index (Phi) is 3.24. The largest absolute Gasteiger partial charge is 0.465 e. The van der Waals surface area contributed by atoms with Gasteiger partial charge in [-0.1, -0.05) is 20.8 Å². The fourth-order valence-corrected chi connectivity index (χ4v) is 2.76. The van der Waals surface area contributed by atoms with E-state index in [1.165, 1.54) is 0 Å². The van der Waals surface area contributed by atoms with E-state index in [1.807, 2.05) is 0 Å². The number of rotatable bonds is 2. The number of hydrogen-bond acceptors (Lipinski definition) is 3. The van der Waals surface area contributed by atoms with Gasteiger partial charge in [0.15, 0.2) is 0 Å². The Morgan fingerprint density at radius 1 is 1.25 bits per heavy atom. The maximum Gasteiger partial charge on any atom is 0.308 e. The van der Waals surface area contributed by atoms with Crippen molar-refractivity contribution in [3.63, 3.8) is 0 Å². The molecule has 92 valence electrons. The first-order valence-electron chi connectivity index (χ1n) is 6.33. The predicted molar refractivity (Wildman–Crippen MR) is 63.0 cm³/mol. The van der Waals surface area contributed by atoms with Gasteiger partial charge in [0.05, 0.1) is 12.5 Å². The summed E-state index contributed by atoms with van der Waals surface area (Å²) in [4.78, 5) is 11.9. The molecule has 0 amide bonds. The van der Waals surface area contributed by atoms with Crippen LogP contribution in [0.2, 0.25) is 0 Å². The normalized spacial score (nSPS) is 33.8. The van der Waals surface area contributed by atoms with E-state index in [1.54, 1.807) is 0 Å². The van der Waals surface area contributed by atoms with Crippen molar-refractivity contribution in [3.8, 4) is 0 Å². The van der Waals surface area contributed by atoms with E-state index >= 15 is 0 Å². The third kappa shape index (κ3) is 2.76. The lowest BCUT2D eigenvalue weighted by Gasteiger charge is -2.19. The Hall–Kier alpha value is -0.570. The van der Waals surface area contributed by atoms with Crippen LogP contribution in [0.5, 0.6) is 0 Å². The van der Waals surface area contributed by atoms with Crippen molar-refractivity contribution >= 4 is 5.97 Å². The molecule has 1 saturated carbocycles. The summed E-state index contributed by atoms with van der Waals surface area (Å²) in [5.74, 6) is 1.63. The standard InChI is InChI=1S/C13H23NO2/c1-13(2,3)8-16-12(15)9-4-10-6-14-7-11(10)5-9/h9-11,14H,4-8H2,1-3H3. The van der Waals surface area contributed by atoms with Crippen molar-refractivity contribution in [1.82, 2.24) is 5.32 Å². The van der Waals surface area contributed by atoms with Crippen molar-refractivity contribution in [2.45, 2.75) is 33.6 Å². The zero-order valence-electron chi connectivity index (χ0n) is 10.6. The van der Waals surface area contributed by atoms with Gasteiger partial charge >= 0.3 is 5.97 Å². The summed E-state index contributed by atoms with van der Waals surface area (Å²) in [5.41, 5.74) is 0.0751. The van der Waals surface area contributed by atoms with Gasteiger partial charge in [-0.25, -0.2) is 0 Å². The number of carbonyl (C=O) groups is 1. The van der Waals surface area contributed by atoms with Crippen molar-refractivity contribution in [2.75, 3.05) is 19.7 Å². The summed E-state index contributed by atoms with van der Waals surface area (Å²) in [6, 6.07) is 0. The van der Waals surface area contributed by atoms with Crippen LogP contribution >= 0.6 is 0 Å². The SMILES string of the molecule is CC(C)(C)COC(=O)C1CC2CNCC2C1. The predicted octanol–water partition coefficient (Wildman–Crippen LogP) is 1.82. The van der Waals surface area contributed by atoms with E-state index in [0.29, 0.717) is 18.4 Å². The molecular weight excluding hydrogens is 202 g/mol. The minimum Gasteiger partial charge on any atom is -0.465 e. The van der Waals surface area contributed by atoms with Crippen molar-refractivity contribution in [3.05, 3.63) is 0 Å². The van der Waals surface area contributed by atoms with Crippen LogP contribution in [-0.2, 0) is 9.53 Å². The number of ether oxygens (including phenoxy) is 1. The molecular formula is C13H23NO2. The van der Waals surface area contributed by atoms with E-state index in [-0.39, 0.29) is 17.3 Å². The molecule has 2 atom stereocenters. The zero-order valence-corrected chi connectivity index (χ0v) is 10.6. The van der Waals surface area contributed by atoms with Gasteiger partial charge in [-0.15, -0.1) is 0 Å². The minimum absolute atomic E-state index is 0.0318. The number of fused-ring (bicyclic) bond motifs is 1. The summed E-state index contributed by atoms with van der Waals surface area (Å²) >= 11 is 0. The maximum atomic E-state index is 11.9. The molecule has 0 aromatic rings. The van der Waals surface area contributed by atoms with Crippen LogP contribution in [0.4, 0.5) is 0 Å². The Bertz CT molecular complexity index is 258. The number of nitrogens with one attached hydrogen (secondary N) is 1. The molecule has 1 aliphatic carbocycles. The summed E-state index contributed by atoms with van der Waals surface area (Å²) < 4.78 is 5.40. The highest BCUT2D eigenvalue weighted by molar-refractivity contribution is 5.73. The third-order valence-corrected chi connectivity index (χ3v) is 3.64. The van der Waals surface area contributed by atoms with Gasteiger partial charge in [0, 0.05) is 0 Å². The number of esters is 1. The molecule has 2 unspecified atom stereocenters. The lowest BCUT2D eigenvalue weighted by molar-refractivity contribution is -0.151. The molecule has 0 aromatic carbocycles. The lowest BCUT2D eigenvalue weighted by atomic mass is 9.98. The molecule has 2 rings (SSSR count). The first kappa shape index (κ1) is 11.9. The molecule has 1 aliphatic heterocycles. The van der Waals surface area contributed by atoms with Gasteiger partial charge in [0.2, 0.25) is 0 Å². The molecule has 1 saturated heterocycles. The van der Waals surface area contributed by atoms with Gasteiger partial charge in [-0.2, -0.15) is 0 Å². The van der Waals surface area contributed by atoms with E-state index in [4.69, 9.17) is 4.74 Å². The number of hydrogen-bond donors (Lipinski definition) is 1. The first-order chi connectivity index (χ1) is 7.46. The fourth-order valence-electron chi connectivity index (χ4n) is 2.76. The van der Waals surface area contributed by atoms with Crippen LogP contribution < -0.4 is 5.32 Å². The first-order valence-corrected chi connectivity index (χ1v) is 6.33. The molecule has 3 heteroatoms. The average molecular weight is 225 g/mol. The highest BCUT2D eigenvalue weighted by Crippen LogP contribution is 2.39. The van der Waals surface area contributed by atoms with Crippen LogP contribution in [0, 0.1) is 23.2 Å². The molecule has 2 aliphatic rings. The van der Waals surface area contributed by atoms with Gasteiger partial charge in [-0.3, -0.25) is 4.79 Å². The molecule has 1 heterocycles. The van der Waals surface area contributed by atoms with Gasteiger partial charge in [0.1, 0.15) is 0 Å². The molecule has 16 heavy (non-hydrogen) atoms. The van der Waals surface area contributed by atoms with Crippen molar-refractivity contribution in [2.24, 2.45) is 23.2 Å². The Balaban J connectivity index is 1.79. The van der Waals surface area contributed by atoms with Gasteiger partial charge < -0.3 is 10.1 Å². The highest BCUT2D eigenvalue weighted by Gasteiger charge is 2.41. The molecule has 2 fully saturated rings. The molecule has 0 spiro atoms.